The van der Waals surface area contributed by atoms with Gasteiger partial charge in [0.2, 0.25) is 5.91 Å². The Labute approximate surface area is 225 Å². The lowest BCUT2D eigenvalue weighted by Gasteiger charge is -2.41. The molecule has 2 aromatic rings. The molecule has 1 aromatic heterocycles. The zero-order chi connectivity index (χ0) is 28.5. The molecule has 8 nitrogen and oxygen atoms in total. The molecular formula is C28H34F3N3O5. The number of hydrogen-bond acceptors (Lipinski definition) is 6. The van der Waals surface area contributed by atoms with E-state index < -0.39 is 29.6 Å². The van der Waals surface area contributed by atoms with Gasteiger partial charge in [0.05, 0.1) is 18.6 Å². The molecule has 0 radical (unpaired) electrons. The van der Waals surface area contributed by atoms with Crippen LogP contribution in [0.1, 0.15) is 62.6 Å². The number of likely N-dealkylation sites (tertiary alicyclic amines) is 1. The maximum absolute atomic E-state index is 13.3. The summed E-state index contributed by atoms with van der Waals surface area (Å²) >= 11 is 0. The standard InChI is InChI=1S/C28H34F3N3O5/c1-27(2,3)33-18-8-9-21(19(15-18)26(37)38-4)34-13-12-20(25(34)36)32-24(35)23-11-10-22(39-23)16-6-5-7-17(14-16)28(29,30)31/h5-7,10-11,14,18-21,33H,8-9,12-13,15H2,1-4H3,(H,32,35)/t18-,19-,20+,21+/m1/s1. The lowest BCUT2D eigenvalue weighted by atomic mass is 9.80. The van der Waals surface area contributed by atoms with Gasteiger partial charge in [-0.2, -0.15) is 13.2 Å². The van der Waals surface area contributed by atoms with Gasteiger partial charge < -0.3 is 24.7 Å². The van der Waals surface area contributed by atoms with E-state index in [9.17, 15) is 27.6 Å². The topological polar surface area (TPSA) is 101 Å². The number of methoxy groups -OCH3 is 1. The van der Waals surface area contributed by atoms with E-state index in [0.717, 1.165) is 18.6 Å². The van der Waals surface area contributed by atoms with Gasteiger partial charge in [-0.15, -0.1) is 0 Å². The molecule has 11 heteroatoms. The molecule has 0 bridgehead atoms. The van der Waals surface area contributed by atoms with E-state index in [0.29, 0.717) is 25.8 Å². The molecule has 1 saturated heterocycles. The first kappa shape index (κ1) is 28.7. The first-order valence-corrected chi connectivity index (χ1v) is 13.0. The van der Waals surface area contributed by atoms with Crippen molar-refractivity contribution in [3.8, 4) is 11.3 Å². The number of carbonyl (C=O) groups excluding carboxylic acids is 3. The number of furan rings is 1. The highest BCUT2D eigenvalue weighted by molar-refractivity contribution is 5.96. The summed E-state index contributed by atoms with van der Waals surface area (Å²) in [6.07, 6.45) is -2.19. The van der Waals surface area contributed by atoms with Crippen molar-refractivity contribution in [1.29, 1.82) is 0 Å². The Bertz CT molecular complexity index is 1220. The molecule has 2 N–H and O–H groups in total. The van der Waals surface area contributed by atoms with Crippen LogP contribution in [0.3, 0.4) is 0 Å². The first-order valence-electron chi connectivity index (χ1n) is 13.0. The molecule has 2 fully saturated rings. The molecule has 1 aromatic carbocycles. The van der Waals surface area contributed by atoms with Gasteiger partial charge in [0, 0.05) is 29.7 Å². The van der Waals surface area contributed by atoms with Gasteiger partial charge in [0.25, 0.3) is 5.91 Å². The van der Waals surface area contributed by atoms with Crippen LogP contribution in [0, 0.1) is 5.92 Å². The normalized spacial score (nSPS) is 24.1. The van der Waals surface area contributed by atoms with Gasteiger partial charge in [-0.25, -0.2) is 0 Å². The van der Waals surface area contributed by atoms with E-state index in [4.69, 9.17) is 9.15 Å². The summed E-state index contributed by atoms with van der Waals surface area (Å²) in [7, 11) is 1.34. The molecular weight excluding hydrogens is 515 g/mol. The number of rotatable bonds is 6. The van der Waals surface area contributed by atoms with Crippen LogP contribution >= 0.6 is 0 Å². The van der Waals surface area contributed by atoms with Crippen molar-refractivity contribution in [2.75, 3.05) is 13.7 Å². The van der Waals surface area contributed by atoms with Crippen molar-refractivity contribution in [1.82, 2.24) is 15.5 Å². The molecule has 1 aliphatic carbocycles. The Morgan fingerprint density at radius 1 is 1.08 bits per heavy atom. The number of hydrogen-bond donors (Lipinski definition) is 2. The van der Waals surface area contributed by atoms with Gasteiger partial charge in [-0.3, -0.25) is 14.4 Å². The van der Waals surface area contributed by atoms with Gasteiger partial charge in [-0.05, 0) is 70.7 Å². The number of ether oxygens (including phenoxy) is 1. The highest BCUT2D eigenvalue weighted by Gasteiger charge is 2.45. The fourth-order valence-corrected chi connectivity index (χ4v) is 5.53. The average molecular weight is 550 g/mol. The first-order chi connectivity index (χ1) is 18.3. The smallest absolute Gasteiger partial charge is 0.416 e. The summed E-state index contributed by atoms with van der Waals surface area (Å²) in [6.45, 7) is 6.56. The molecule has 2 amide bonds. The number of alkyl halides is 3. The number of nitrogens with one attached hydrogen (secondary N) is 2. The summed E-state index contributed by atoms with van der Waals surface area (Å²) in [5.74, 6) is -1.78. The van der Waals surface area contributed by atoms with E-state index >= 15 is 0 Å². The molecule has 2 heterocycles. The third kappa shape index (κ3) is 6.63. The van der Waals surface area contributed by atoms with E-state index in [-0.39, 0.29) is 46.6 Å². The van der Waals surface area contributed by atoms with Gasteiger partial charge in [-0.1, -0.05) is 12.1 Å². The minimum absolute atomic E-state index is 0.104. The molecule has 0 unspecified atom stereocenters. The van der Waals surface area contributed by atoms with Gasteiger partial charge >= 0.3 is 12.1 Å². The molecule has 1 aliphatic heterocycles. The van der Waals surface area contributed by atoms with Crippen LogP contribution in [-0.2, 0) is 20.5 Å². The minimum atomic E-state index is -4.51. The second kappa shape index (κ2) is 11.0. The largest absolute Gasteiger partial charge is 0.469 e. The predicted octanol–water partition coefficient (Wildman–Crippen LogP) is 4.39. The zero-order valence-electron chi connectivity index (χ0n) is 22.4. The highest BCUT2D eigenvalue weighted by Crippen LogP contribution is 2.34. The van der Waals surface area contributed by atoms with E-state index in [1.165, 1.54) is 31.4 Å². The molecule has 2 aliphatic rings. The summed E-state index contributed by atoms with van der Waals surface area (Å²) in [5, 5.41) is 6.21. The van der Waals surface area contributed by atoms with Gasteiger partial charge in [0.1, 0.15) is 11.8 Å². The number of carbonyl (C=O) groups is 3. The second-order valence-corrected chi connectivity index (χ2v) is 11.2. The fraction of sp³-hybridized carbons (Fsp3) is 0.536. The summed E-state index contributed by atoms with van der Waals surface area (Å²) in [4.78, 5) is 40.5. The Hall–Kier alpha value is -3.34. The molecule has 4 rings (SSSR count). The highest BCUT2D eigenvalue weighted by atomic mass is 19.4. The second-order valence-electron chi connectivity index (χ2n) is 11.2. The quantitative estimate of drug-likeness (QED) is 0.519. The maximum Gasteiger partial charge on any atom is 0.416 e. The lowest BCUT2D eigenvalue weighted by molar-refractivity contribution is -0.151. The zero-order valence-corrected chi connectivity index (χ0v) is 22.4. The minimum Gasteiger partial charge on any atom is -0.469 e. The Morgan fingerprint density at radius 2 is 1.82 bits per heavy atom. The number of amides is 2. The Kier molecular flexibility index (Phi) is 8.11. The van der Waals surface area contributed by atoms with Crippen LogP contribution in [0.5, 0.6) is 0 Å². The van der Waals surface area contributed by atoms with Crippen molar-refractivity contribution in [3.63, 3.8) is 0 Å². The Morgan fingerprint density at radius 3 is 2.49 bits per heavy atom. The van der Waals surface area contributed by atoms with Crippen molar-refractivity contribution in [3.05, 3.63) is 47.7 Å². The van der Waals surface area contributed by atoms with Crippen LogP contribution in [0.15, 0.2) is 40.8 Å². The van der Waals surface area contributed by atoms with Crippen LogP contribution in [0.25, 0.3) is 11.3 Å². The third-order valence-corrected chi connectivity index (χ3v) is 7.20. The fourth-order valence-electron chi connectivity index (χ4n) is 5.53. The van der Waals surface area contributed by atoms with Crippen molar-refractivity contribution in [2.45, 2.75) is 76.3 Å². The average Bonchev–Trinajstić information content (AvgIpc) is 3.50. The molecule has 212 valence electrons. The third-order valence-electron chi connectivity index (χ3n) is 7.20. The Balaban J connectivity index is 1.42. The maximum atomic E-state index is 13.3. The van der Waals surface area contributed by atoms with Crippen molar-refractivity contribution < 1.29 is 36.7 Å². The number of halogens is 3. The molecule has 4 atom stereocenters. The summed E-state index contributed by atoms with van der Waals surface area (Å²) < 4.78 is 49.8. The van der Waals surface area contributed by atoms with Crippen LogP contribution < -0.4 is 10.6 Å². The van der Waals surface area contributed by atoms with Crippen LogP contribution in [0.2, 0.25) is 0 Å². The number of nitrogens with zero attached hydrogens (tertiary/aromatic N) is 1. The van der Waals surface area contributed by atoms with E-state index in [1.54, 1.807) is 4.90 Å². The van der Waals surface area contributed by atoms with E-state index in [1.807, 2.05) is 0 Å². The predicted molar refractivity (Wildman–Crippen MR) is 137 cm³/mol. The van der Waals surface area contributed by atoms with E-state index in [2.05, 4.69) is 31.4 Å². The molecule has 0 spiro atoms. The molecule has 1 saturated carbocycles. The monoisotopic (exact) mass is 549 g/mol. The lowest BCUT2D eigenvalue weighted by Crippen LogP contribution is -2.55. The van der Waals surface area contributed by atoms with Crippen molar-refractivity contribution in [2.24, 2.45) is 5.92 Å². The molecule has 39 heavy (non-hydrogen) atoms. The van der Waals surface area contributed by atoms with Crippen molar-refractivity contribution >= 4 is 17.8 Å². The summed E-state index contributed by atoms with van der Waals surface area (Å²) in [6, 6.07) is 6.38. The SMILES string of the molecule is COC(=O)[C@@H]1C[C@H](NC(C)(C)C)CC[C@@H]1N1CC[C@H](NC(=O)c2ccc(-c3cccc(C(F)(F)F)c3)o2)C1=O. The van der Waals surface area contributed by atoms with Gasteiger partial charge in [0.15, 0.2) is 5.76 Å². The number of esters is 1. The van der Waals surface area contributed by atoms with Crippen LogP contribution in [-0.4, -0.2) is 60.0 Å². The summed E-state index contributed by atoms with van der Waals surface area (Å²) in [5.41, 5.74) is -0.769. The van der Waals surface area contributed by atoms with Crippen LogP contribution in [0.4, 0.5) is 13.2 Å². The number of benzene rings is 1.